The molecule has 5 N–H and O–H groups in total. The predicted molar refractivity (Wildman–Crippen MR) is 87.0 cm³/mol. The summed E-state index contributed by atoms with van der Waals surface area (Å²) in [6, 6.07) is 0. The summed E-state index contributed by atoms with van der Waals surface area (Å²) in [6.07, 6.45) is 9.09. The van der Waals surface area contributed by atoms with E-state index in [-0.39, 0.29) is 6.73 Å². The summed E-state index contributed by atoms with van der Waals surface area (Å²) >= 11 is 0. The minimum Gasteiger partial charge on any atom is -0.381 e. The Morgan fingerprint density at radius 3 is 1.60 bits per heavy atom. The molecule has 0 fully saturated rings. The first-order valence-corrected chi connectivity index (χ1v) is 8.00. The summed E-state index contributed by atoms with van der Waals surface area (Å²) in [7, 11) is 0. The Hall–Kier alpha value is -0.460. The molecule has 0 aliphatic carbocycles. The van der Waals surface area contributed by atoms with Gasteiger partial charge in [0.2, 0.25) is 0 Å². The predicted octanol–water partition coefficient (Wildman–Crippen LogP) is 0.431. The molecule has 0 radical (unpaired) electrons. The van der Waals surface area contributed by atoms with Crippen molar-refractivity contribution in [1.82, 2.24) is 21.3 Å². The van der Waals surface area contributed by atoms with Gasteiger partial charge in [0.25, 0.3) is 0 Å². The van der Waals surface area contributed by atoms with Gasteiger partial charge in [0.05, 0.1) is 6.73 Å². The number of aliphatic hydroxyl groups excluding tert-OH is 1. The Bertz CT molecular complexity index is 180. The van der Waals surface area contributed by atoms with Gasteiger partial charge in [-0.1, -0.05) is 19.1 Å². The third-order valence-corrected chi connectivity index (χ3v) is 2.97. The van der Waals surface area contributed by atoms with Gasteiger partial charge in [-0.05, 0) is 58.4 Å². The molecular weight excluding hydrogens is 252 g/mol. The third-order valence-electron chi connectivity index (χ3n) is 2.97. The van der Waals surface area contributed by atoms with Crippen molar-refractivity contribution in [2.75, 3.05) is 52.5 Å². The van der Waals surface area contributed by atoms with E-state index in [9.17, 15) is 0 Å². The maximum atomic E-state index is 8.54. The van der Waals surface area contributed by atoms with Crippen LogP contribution in [-0.4, -0.2) is 57.7 Å². The highest BCUT2D eigenvalue weighted by Crippen LogP contribution is 1.85. The van der Waals surface area contributed by atoms with E-state index in [0.717, 1.165) is 58.7 Å². The fourth-order valence-electron chi connectivity index (χ4n) is 1.79. The van der Waals surface area contributed by atoms with Crippen molar-refractivity contribution in [1.29, 1.82) is 0 Å². The molecule has 0 aliphatic rings. The summed E-state index contributed by atoms with van der Waals surface area (Å²) in [4.78, 5) is 0. The standard InChI is InChI=1S/C15H34N4O/c1-2-16-9-3-4-10-17-11-5-6-12-18-13-7-8-14-19-15-20/h5-6,16-20H,2-4,7-15H2,1H3. The highest BCUT2D eigenvalue weighted by molar-refractivity contribution is 4.85. The van der Waals surface area contributed by atoms with Crippen molar-refractivity contribution < 1.29 is 5.11 Å². The minimum absolute atomic E-state index is 0.0816. The molecule has 0 spiro atoms. The monoisotopic (exact) mass is 286 g/mol. The zero-order valence-electron chi connectivity index (χ0n) is 13.1. The quantitative estimate of drug-likeness (QED) is 0.162. The molecule has 120 valence electrons. The lowest BCUT2D eigenvalue weighted by Gasteiger charge is -2.03. The van der Waals surface area contributed by atoms with Crippen LogP contribution in [0.3, 0.4) is 0 Å². The van der Waals surface area contributed by atoms with Crippen LogP contribution >= 0.6 is 0 Å². The molecule has 0 rings (SSSR count). The van der Waals surface area contributed by atoms with Gasteiger partial charge >= 0.3 is 0 Å². The zero-order valence-corrected chi connectivity index (χ0v) is 13.1. The highest BCUT2D eigenvalue weighted by atomic mass is 16.3. The normalized spacial score (nSPS) is 11.5. The van der Waals surface area contributed by atoms with E-state index in [1.807, 2.05) is 0 Å². The summed E-state index contributed by atoms with van der Waals surface area (Å²) in [6.45, 7) is 9.36. The second kappa shape index (κ2) is 18.5. The van der Waals surface area contributed by atoms with Crippen LogP contribution in [0.5, 0.6) is 0 Å². The topological polar surface area (TPSA) is 68.3 Å². The summed E-state index contributed by atoms with van der Waals surface area (Å²) in [5, 5.41) is 21.5. The van der Waals surface area contributed by atoms with Crippen molar-refractivity contribution in [3.05, 3.63) is 12.2 Å². The first kappa shape index (κ1) is 19.5. The van der Waals surface area contributed by atoms with E-state index in [2.05, 4.69) is 40.3 Å². The molecule has 0 aromatic carbocycles. The third kappa shape index (κ3) is 17.5. The van der Waals surface area contributed by atoms with Crippen molar-refractivity contribution in [3.63, 3.8) is 0 Å². The number of rotatable bonds is 16. The second-order valence-corrected chi connectivity index (χ2v) is 4.81. The Kier molecular flexibility index (Phi) is 18.1. The first-order valence-electron chi connectivity index (χ1n) is 8.00. The van der Waals surface area contributed by atoms with Gasteiger partial charge in [-0.25, -0.2) is 0 Å². The van der Waals surface area contributed by atoms with E-state index in [1.165, 1.54) is 12.8 Å². The van der Waals surface area contributed by atoms with Crippen LogP contribution in [0.25, 0.3) is 0 Å². The van der Waals surface area contributed by atoms with E-state index in [1.54, 1.807) is 0 Å². The largest absolute Gasteiger partial charge is 0.381 e. The van der Waals surface area contributed by atoms with Gasteiger partial charge in [-0.3, -0.25) is 5.32 Å². The average Bonchev–Trinajstić information content (AvgIpc) is 2.47. The SMILES string of the molecule is CCNCCCCNCC=CCNCCCCNCO. The Morgan fingerprint density at radius 2 is 1.15 bits per heavy atom. The lowest BCUT2D eigenvalue weighted by Crippen LogP contribution is -2.20. The van der Waals surface area contributed by atoms with Gasteiger partial charge < -0.3 is 21.1 Å². The summed E-state index contributed by atoms with van der Waals surface area (Å²) in [5.74, 6) is 0. The molecule has 0 aromatic heterocycles. The fourth-order valence-corrected chi connectivity index (χ4v) is 1.79. The lowest BCUT2D eigenvalue weighted by molar-refractivity contribution is 0.260. The number of aliphatic hydroxyl groups is 1. The number of hydrogen-bond donors (Lipinski definition) is 5. The molecular formula is C15H34N4O. The van der Waals surface area contributed by atoms with Crippen LogP contribution in [0.15, 0.2) is 12.2 Å². The molecule has 5 nitrogen and oxygen atoms in total. The molecule has 5 heteroatoms. The molecule has 0 saturated carbocycles. The molecule has 0 aliphatic heterocycles. The van der Waals surface area contributed by atoms with Crippen LogP contribution in [0.4, 0.5) is 0 Å². The van der Waals surface area contributed by atoms with Gasteiger partial charge in [0.1, 0.15) is 0 Å². The number of hydrogen-bond acceptors (Lipinski definition) is 5. The lowest BCUT2D eigenvalue weighted by atomic mass is 10.3. The van der Waals surface area contributed by atoms with Crippen LogP contribution in [0.2, 0.25) is 0 Å². The number of unbranched alkanes of at least 4 members (excludes halogenated alkanes) is 2. The van der Waals surface area contributed by atoms with Crippen LogP contribution in [0.1, 0.15) is 32.6 Å². The molecule has 0 saturated heterocycles. The Morgan fingerprint density at radius 1 is 0.700 bits per heavy atom. The Balaban J connectivity index is 3.01. The number of nitrogens with one attached hydrogen (secondary N) is 4. The molecule has 0 aromatic rings. The Labute approximate surface area is 124 Å². The maximum absolute atomic E-state index is 8.54. The summed E-state index contributed by atoms with van der Waals surface area (Å²) < 4.78 is 0. The average molecular weight is 286 g/mol. The van der Waals surface area contributed by atoms with Crippen molar-refractivity contribution in [2.24, 2.45) is 0 Å². The van der Waals surface area contributed by atoms with Gasteiger partial charge in [0.15, 0.2) is 0 Å². The molecule has 0 unspecified atom stereocenters. The van der Waals surface area contributed by atoms with Gasteiger partial charge in [-0.2, -0.15) is 0 Å². The van der Waals surface area contributed by atoms with E-state index < -0.39 is 0 Å². The first-order chi connectivity index (χ1) is 9.91. The second-order valence-electron chi connectivity index (χ2n) is 4.81. The van der Waals surface area contributed by atoms with Crippen molar-refractivity contribution in [3.8, 4) is 0 Å². The highest BCUT2D eigenvalue weighted by Gasteiger charge is 1.88. The maximum Gasteiger partial charge on any atom is 0.0931 e. The minimum atomic E-state index is 0.0816. The van der Waals surface area contributed by atoms with Gasteiger partial charge in [0, 0.05) is 13.1 Å². The molecule has 0 bridgehead atoms. The molecule has 0 heterocycles. The van der Waals surface area contributed by atoms with Crippen molar-refractivity contribution in [2.45, 2.75) is 32.6 Å². The molecule has 0 atom stereocenters. The van der Waals surface area contributed by atoms with E-state index >= 15 is 0 Å². The van der Waals surface area contributed by atoms with Crippen LogP contribution in [0, 0.1) is 0 Å². The smallest absolute Gasteiger partial charge is 0.0931 e. The van der Waals surface area contributed by atoms with Crippen LogP contribution in [-0.2, 0) is 0 Å². The van der Waals surface area contributed by atoms with E-state index in [0.29, 0.717) is 0 Å². The molecule has 20 heavy (non-hydrogen) atoms. The van der Waals surface area contributed by atoms with Gasteiger partial charge in [-0.15, -0.1) is 0 Å². The molecule has 0 amide bonds. The van der Waals surface area contributed by atoms with E-state index in [4.69, 9.17) is 5.11 Å². The van der Waals surface area contributed by atoms with Crippen LogP contribution < -0.4 is 21.3 Å². The van der Waals surface area contributed by atoms with Crippen molar-refractivity contribution >= 4 is 0 Å². The fraction of sp³-hybridized carbons (Fsp3) is 0.867. The summed E-state index contributed by atoms with van der Waals surface area (Å²) in [5.41, 5.74) is 0. The zero-order chi connectivity index (χ0) is 14.7.